The van der Waals surface area contributed by atoms with Gasteiger partial charge in [0.15, 0.2) is 0 Å². The third kappa shape index (κ3) is 6.76. The summed E-state index contributed by atoms with van der Waals surface area (Å²) in [5, 5.41) is 14.2. The molecular formula is C15H22N2O4. The normalized spacial score (nSPS) is 12.4. The second-order valence-corrected chi connectivity index (χ2v) is 5.58. The first kappa shape index (κ1) is 17.0. The Bertz CT molecular complexity index is 468. The number of hydrogen-bond acceptors (Lipinski definition) is 4. The molecule has 1 atom stereocenters. The minimum Gasteiger partial charge on any atom is -0.444 e. The Hall–Kier alpha value is -2.08. The fourth-order valence-electron chi connectivity index (χ4n) is 1.55. The van der Waals surface area contributed by atoms with E-state index in [1.807, 2.05) is 30.3 Å². The highest BCUT2D eigenvalue weighted by atomic mass is 16.6. The molecule has 116 valence electrons. The molecule has 3 N–H and O–H groups in total. The quantitative estimate of drug-likeness (QED) is 0.761. The molecule has 0 aromatic heterocycles. The first-order chi connectivity index (χ1) is 9.81. The third-order valence-electron chi connectivity index (χ3n) is 2.50. The number of carbonyl (C=O) groups excluding carboxylic acids is 2. The van der Waals surface area contributed by atoms with Crippen LogP contribution in [0.2, 0.25) is 0 Å². The van der Waals surface area contributed by atoms with Crippen LogP contribution in [-0.2, 0) is 16.1 Å². The van der Waals surface area contributed by atoms with E-state index >= 15 is 0 Å². The molecule has 0 spiro atoms. The standard InChI is InChI=1S/C15H22N2O4/c1-15(2,3)21-14(20)17-12(10-18)13(19)16-9-11-7-5-4-6-8-11/h4-8,12,18H,9-10H2,1-3H3,(H,16,19)(H,17,20)/t12-/m0/s1. The van der Waals surface area contributed by atoms with E-state index in [0.717, 1.165) is 5.56 Å². The molecule has 0 bridgehead atoms. The van der Waals surface area contributed by atoms with Crippen LogP contribution in [-0.4, -0.2) is 35.4 Å². The van der Waals surface area contributed by atoms with Crippen molar-refractivity contribution in [3.05, 3.63) is 35.9 Å². The fraction of sp³-hybridized carbons (Fsp3) is 0.467. The van der Waals surface area contributed by atoms with Crippen LogP contribution < -0.4 is 10.6 Å². The Kier molecular flexibility index (Phi) is 6.17. The number of alkyl carbamates (subject to hydrolysis) is 1. The van der Waals surface area contributed by atoms with Crippen molar-refractivity contribution in [1.29, 1.82) is 0 Å². The highest BCUT2D eigenvalue weighted by molar-refractivity contribution is 5.85. The van der Waals surface area contributed by atoms with Crippen LogP contribution in [0.4, 0.5) is 4.79 Å². The minimum atomic E-state index is -1.04. The lowest BCUT2D eigenvalue weighted by Crippen LogP contribution is -2.49. The zero-order valence-corrected chi connectivity index (χ0v) is 12.6. The van der Waals surface area contributed by atoms with Gasteiger partial charge in [0.05, 0.1) is 6.61 Å². The summed E-state index contributed by atoms with van der Waals surface area (Å²) in [5.41, 5.74) is 0.268. The van der Waals surface area contributed by atoms with E-state index in [2.05, 4.69) is 10.6 Å². The number of ether oxygens (including phenoxy) is 1. The smallest absolute Gasteiger partial charge is 0.408 e. The zero-order chi connectivity index (χ0) is 15.9. The number of benzene rings is 1. The monoisotopic (exact) mass is 294 g/mol. The molecule has 0 fully saturated rings. The molecule has 0 aliphatic rings. The number of rotatable bonds is 5. The molecule has 21 heavy (non-hydrogen) atoms. The molecule has 0 radical (unpaired) electrons. The van der Waals surface area contributed by atoms with Gasteiger partial charge in [0.1, 0.15) is 11.6 Å². The Morgan fingerprint density at radius 1 is 1.24 bits per heavy atom. The molecular weight excluding hydrogens is 272 g/mol. The lowest BCUT2D eigenvalue weighted by atomic mass is 10.2. The SMILES string of the molecule is CC(C)(C)OC(=O)N[C@@H](CO)C(=O)NCc1ccccc1. The van der Waals surface area contributed by atoms with Crippen LogP contribution in [0.25, 0.3) is 0 Å². The van der Waals surface area contributed by atoms with Gasteiger partial charge in [-0.05, 0) is 26.3 Å². The molecule has 0 aliphatic heterocycles. The lowest BCUT2D eigenvalue weighted by molar-refractivity contribution is -0.124. The summed E-state index contributed by atoms with van der Waals surface area (Å²) in [6, 6.07) is 8.31. The van der Waals surface area contributed by atoms with Crippen LogP contribution in [0.1, 0.15) is 26.3 Å². The van der Waals surface area contributed by atoms with Crippen LogP contribution in [0.3, 0.4) is 0 Å². The Morgan fingerprint density at radius 3 is 2.38 bits per heavy atom. The van der Waals surface area contributed by atoms with E-state index in [1.165, 1.54) is 0 Å². The topological polar surface area (TPSA) is 87.7 Å². The van der Waals surface area contributed by atoms with Gasteiger partial charge in [0.2, 0.25) is 5.91 Å². The molecule has 1 aromatic rings. The van der Waals surface area contributed by atoms with Gasteiger partial charge in [-0.1, -0.05) is 30.3 Å². The van der Waals surface area contributed by atoms with Gasteiger partial charge in [-0.15, -0.1) is 0 Å². The molecule has 0 saturated carbocycles. The summed E-state index contributed by atoms with van der Waals surface area (Å²) in [6.45, 7) is 4.98. The van der Waals surface area contributed by atoms with E-state index in [1.54, 1.807) is 20.8 Å². The molecule has 0 heterocycles. The van der Waals surface area contributed by atoms with Gasteiger partial charge in [-0.2, -0.15) is 0 Å². The van der Waals surface area contributed by atoms with Crippen molar-refractivity contribution in [2.75, 3.05) is 6.61 Å². The Labute approximate surface area is 124 Å². The summed E-state index contributed by atoms with van der Waals surface area (Å²) < 4.78 is 5.04. The van der Waals surface area contributed by atoms with E-state index in [4.69, 9.17) is 4.74 Å². The molecule has 2 amide bonds. The zero-order valence-electron chi connectivity index (χ0n) is 12.6. The largest absolute Gasteiger partial charge is 0.444 e. The van der Waals surface area contributed by atoms with Crippen molar-refractivity contribution >= 4 is 12.0 Å². The molecule has 1 rings (SSSR count). The fourth-order valence-corrected chi connectivity index (χ4v) is 1.55. The average molecular weight is 294 g/mol. The second kappa shape index (κ2) is 7.64. The van der Waals surface area contributed by atoms with E-state index in [9.17, 15) is 14.7 Å². The average Bonchev–Trinajstić information content (AvgIpc) is 2.41. The van der Waals surface area contributed by atoms with Crippen molar-refractivity contribution < 1.29 is 19.4 Å². The van der Waals surface area contributed by atoms with E-state index in [0.29, 0.717) is 6.54 Å². The van der Waals surface area contributed by atoms with Crippen LogP contribution in [0, 0.1) is 0 Å². The number of nitrogens with one attached hydrogen (secondary N) is 2. The van der Waals surface area contributed by atoms with E-state index in [-0.39, 0.29) is 0 Å². The highest BCUT2D eigenvalue weighted by Gasteiger charge is 2.23. The maximum atomic E-state index is 11.9. The molecule has 0 unspecified atom stereocenters. The van der Waals surface area contributed by atoms with Crippen molar-refractivity contribution in [2.45, 2.75) is 39.0 Å². The number of amides is 2. The Morgan fingerprint density at radius 2 is 1.86 bits per heavy atom. The van der Waals surface area contributed by atoms with Gasteiger partial charge in [0.25, 0.3) is 0 Å². The molecule has 0 saturated heterocycles. The molecule has 6 nitrogen and oxygen atoms in total. The number of carbonyl (C=O) groups is 2. The lowest BCUT2D eigenvalue weighted by Gasteiger charge is -2.22. The highest BCUT2D eigenvalue weighted by Crippen LogP contribution is 2.06. The maximum absolute atomic E-state index is 11.9. The number of aliphatic hydroxyl groups excluding tert-OH is 1. The van der Waals surface area contributed by atoms with Crippen molar-refractivity contribution in [2.24, 2.45) is 0 Å². The van der Waals surface area contributed by atoms with E-state index < -0.39 is 30.3 Å². The first-order valence-electron chi connectivity index (χ1n) is 6.74. The number of hydrogen-bond donors (Lipinski definition) is 3. The first-order valence-corrected chi connectivity index (χ1v) is 6.74. The van der Waals surface area contributed by atoms with Crippen molar-refractivity contribution in [1.82, 2.24) is 10.6 Å². The summed E-state index contributed by atoms with van der Waals surface area (Å²) >= 11 is 0. The summed E-state index contributed by atoms with van der Waals surface area (Å²) in [5.74, 6) is -0.466. The van der Waals surface area contributed by atoms with Crippen LogP contribution in [0.15, 0.2) is 30.3 Å². The van der Waals surface area contributed by atoms with Gasteiger partial charge >= 0.3 is 6.09 Å². The van der Waals surface area contributed by atoms with Gasteiger partial charge < -0.3 is 20.5 Å². The minimum absolute atomic E-state index is 0.326. The van der Waals surface area contributed by atoms with Crippen molar-refractivity contribution in [3.63, 3.8) is 0 Å². The van der Waals surface area contributed by atoms with Gasteiger partial charge in [-0.3, -0.25) is 4.79 Å². The summed E-state index contributed by atoms with van der Waals surface area (Å²) in [6.07, 6.45) is -0.739. The van der Waals surface area contributed by atoms with Gasteiger partial charge in [-0.25, -0.2) is 4.79 Å². The predicted octanol–water partition coefficient (Wildman–Crippen LogP) is 1.19. The van der Waals surface area contributed by atoms with Crippen LogP contribution in [0.5, 0.6) is 0 Å². The van der Waals surface area contributed by atoms with Crippen molar-refractivity contribution in [3.8, 4) is 0 Å². The molecule has 1 aromatic carbocycles. The van der Waals surface area contributed by atoms with Gasteiger partial charge in [0, 0.05) is 6.54 Å². The second-order valence-electron chi connectivity index (χ2n) is 5.58. The molecule has 6 heteroatoms. The Balaban J connectivity index is 2.48. The molecule has 0 aliphatic carbocycles. The number of aliphatic hydroxyl groups is 1. The predicted molar refractivity (Wildman–Crippen MR) is 78.5 cm³/mol. The van der Waals surface area contributed by atoms with Crippen LogP contribution >= 0.6 is 0 Å². The summed E-state index contributed by atoms with van der Waals surface area (Å²) in [4.78, 5) is 23.5. The maximum Gasteiger partial charge on any atom is 0.408 e. The third-order valence-corrected chi connectivity index (χ3v) is 2.50. The summed E-state index contributed by atoms with van der Waals surface area (Å²) in [7, 11) is 0.